The third-order valence-corrected chi connectivity index (χ3v) is 3.18. The maximum absolute atomic E-state index is 14.0. The lowest BCUT2D eigenvalue weighted by Gasteiger charge is -2.14. The van der Waals surface area contributed by atoms with Gasteiger partial charge in [-0.15, -0.1) is 0 Å². The van der Waals surface area contributed by atoms with E-state index < -0.39 is 0 Å². The monoisotopic (exact) mass is 288 g/mol. The highest BCUT2D eigenvalue weighted by molar-refractivity contribution is 5.65. The summed E-state index contributed by atoms with van der Waals surface area (Å²) in [4.78, 5) is 8.76. The molecule has 0 fully saturated rings. The van der Waals surface area contributed by atoms with Crippen molar-refractivity contribution in [3.8, 4) is 0 Å². The minimum absolute atomic E-state index is 0.284. The van der Waals surface area contributed by atoms with Crippen LogP contribution in [-0.4, -0.2) is 16.5 Å². The van der Waals surface area contributed by atoms with Crippen LogP contribution in [0, 0.1) is 26.6 Å². The molecule has 1 heterocycles. The fraction of sp³-hybridized carbons (Fsp3) is 0.375. The van der Waals surface area contributed by atoms with Crippen molar-refractivity contribution in [2.45, 2.75) is 34.1 Å². The van der Waals surface area contributed by atoms with E-state index >= 15 is 0 Å². The number of aryl methyl sites for hydroxylation is 2. The van der Waals surface area contributed by atoms with Crippen LogP contribution in [-0.2, 0) is 0 Å². The molecule has 0 saturated carbocycles. The van der Waals surface area contributed by atoms with Crippen molar-refractivity contribution < 1.29 is 4.39 Å². The summed E-state index contributed by atoms with van der Waals surface area (Å²) in [5, 5.41) is 6.33. The summed E-state index contributed by atoms with van der Waals surface area (Å²) in [7, 11) is 0. The van der Waals surface area contributed by atoms with Gasteiger partial charge in [0.25, 0.3) is 0 Å². The maximum atomic E-state index is 14.0. The predicted molar refractivity (Wildman–Crippen MR) is 84.7 cm³/mol. The van der Waals surface area contributed by atoms with Gasteiger partial charge in [-0.3, -0.25) is 0 Å². The van der Waals surface area contributed by atoms with Crippen LogP contribution < -0.4 is 10.6 Å². The average molecular weight is 288 g/mol. The number of nitrogens with one attached hydrogen (secondary N) is 2. The SMILES string of the molecule is CCCNc1nc(C)nc(Nc2ccc(C)cc2F)c1C. The van der Waals surface area contributed by atoms with Gasteiger partial charge in [0, 0.05) is 12.1 Å². The molecule has 112 valence electrons. The summed E-state index contributed by atoms with van der Waals surface area (Å²) in [5.74, 6) is 1.78. The summed E-state index contributed by atoms with van der Waals surface area (Å²) >= 11 is 0. The minimum Gasteiger partial charge on any atom is -0.370 e. The number of nitrogens with zero attached hydrogens (tertiary/aromatic N) is 2. The van der Waals surface area contributed by atoms with E-state index in [-0.39, 0.29) is 5.82 Å². The molecule has 2 aromatic rings. The normalized spacial score (nSPS) is 10.5. The Hall–Kier alpha value is -2.17. The van der Waals surface area contributed by atoms with Crippen LogP contribution in [0.15, 0.2) is 18.2 Å². The molecule has 5 heteroatoms. The van der Waals surface area contributed by atoms with Crippen molar-refractivity contribution in [2.24, 2.45) is 0 Å². The Morgan fingerprint density at radius 1 is 1.10 bits per heavy atom. The van der Waals surface area contributed by atoms with Gasteiger partial charge in [0.05, 0.1) is 5.69 Å². The number of hydrogen-bond acceptors (Lipinski definition) is 4. The molecular formula is C16H21FN4. The van der Waals surface area contributed by atoms with Gasteiger partial charge in [-0.25, -0.2) is 14.4 Å². The summed E-state index contributed by atoms with van der Waals surface area (Å²) < 4.78 is 14.0. The topological polar surface area (TPSA) is 49.8 Å². The second-order valence-electron chi connectivity index (χ2n) is 5.13. The highest BCUT2D eigenvalue weighted by atomic mass is 19.1. The Kier molecular flexibility index (Phi) is 4.73. The van der Waals surface area contributed by atoms with E-state index in [1.54, 1.807) is 6.07 Å². The second-order valence-corrected chi connectivity index (χ2v) is 5.13. The lowest BCUT2D eigenvalue weighted by Crippen LogP contribution is -2.09. The molecule has 0 unspecified atom stereocenters. The lowest BCUT2D eigenvalue weighted by atomic mass is 10.2. The quantitative estimate of drug-likeness (QED) is 0.869. The third kappa shape index (κ3) is 3.68. The molecule has 1 aromatic heterocycles. The molecule has 0 aliphatic heterocycles. The molecule has 0 bridgehead atoms. The van der Waals surface area contributed by atoms with Crippen LogP contribution in [0.25, 0.3) is 0 Å². The van der Waals surface area contributed by atoms with Crippen molar-refractivity contribution in [3.05, 3.63) is 41.0 Å². The molecule has 0 saturated heterocycles. The van der Waals surface area contributed by atoms with E-state index in [9.17, 15) is 4.39 Å². The maximum Gasteiger partial charge on any atom is 0.146 e. The van der Waals surface area contributed by atoms with E-state index in [0.717, 1.165) is 29.9 Å². The molecular weight excluding hydrogens is 267 g/mol. The predicted octanol–water partition coefficient (Wildman–Crippen LogP) is 4.11. The Morgan fingerprint density at radius 2 is 1.81 bits per heavy atom. The lowest BCUT2D eigenvalue weighted by molar-refractivity contribution is 0.630. The van der Waals surface area contributed by atoms with Gasteiger partial charge in [0.1, 0.15) is 23.3 Å². The highest BCUT2D eigenvalue weighted by Gasteiger charge is 2.11. The van der Waals surface area contributed by atoms with Crippen molar-refractivity contribution in [1.29, 1.82) is 0 Å². The summed E-state index contributed by atoms with van der Waals surface area (Å²) in [6.07, 6.45) is 1.01. The Bertz CT molecular complexity index is 640. The van der Waals surface area contributed by atoms with Gasteiger partial charge in [-0.1, -0.05) is 13.0 Å². The number of aromatic nitrogens is 2. The molecule has 2 rings (SSSR count). The zero-order chi connectivity index (χ0) is 15.4. The van der Waals surface area contributed by atoms with Gasteiger partial charge in [-0.2, -0.15) is 0 Å². The van der Waals surface area contributed by atoms with Crippen LogP contribution in [0.3, 0.4) is 0 Å². The number of halogens is 1. The van der Waals surface area contributed by atoms with Crippen LogP contribution in [0.5, 0.6) is 0 Å². The first-order chi connectivity index (χ1) is 10.0. The first-order valence-electron chi connectivity index (χ1n) is 7.13. The smallest absolute Gasteiger partial charge is 0.146 e. The fourth-order valence-corrected chi connectivity index (χ4v) is 2.01. The van der Waals surface area contributed by atoms with Crippen molar-refractivity contribution in [1.82, 2.24) is 9.97 Å². The highest BCUT2D eigenvalue weighted by Crippen LogP contribution is 2.25. The van der Waals surface area contributed by atoms with Gasteiger partial charge < -0.3 is 10.6 Å². The molecule has 2 N–H and O–H groups in total. The van der Waals surface area contributed by atoms with E-state index in [4.69, 9.17) is 0 Å². The van der Waals surface area contributed by atoms with E-state index in [2.05, 4.69) is 27.5 Å². The van der Waals surface area contributed by atoms with Gasteiger partial charge in [0.2, 0.25) is 0 Å². The minimum atomic E-state index is -0.284. The molecule has 0 radical (unpaired) electrons. The molecule has 0 amide bonds. The number of benzene rings is 1. The Morgan fingerprint density at radius 3 is 2.48 bits per heavy atom. The van der Waals surface area contributed by atoms with Gasteiger partial charge in [-0.05, 0) is 44.9 Å². The van der Waals surface area contributed by atoms with Gasteiger partial charge in [0.15, 0.2) is 0 Å². The molecule has 0 aliphatic rings. The van der Waals surface area contributed by atoms with E-state index in [1.165, 1.54) is 6.07 Å². The average Bonchev–Trinajstić information content (AvgIpc) is 2.43. The summed E-state index contributed by atoms with van der Waals surface area (Å²) in [5.41, 5.74) is 2.19. The first kappa shape index (κ1) is 15.2. The standard InChI is InChI=1S/C16H21FN4/c1-5-8-18-15-11(3)16(20-12(4)19-15)21-14-7-6-10(2)9-13(14)17/h6-7,9H,5,8H2,1-4H3,(H2,18,19,20,21). The summed E-state index contributed by atoms with van der Waals surface area (Å²) in [6.45, 7) is 8.55. The summed E-state index contributed by atoms with van der Waals surface area (Å²) in [6, 6.07) is 5.09. The first-order valence-corrected chi connectivity index (χ1v) is 7.13. The molecule has 1 aromatic carbocycles. The Labute approximate surface area is 124 Å². The van der Waals surface area contributed by atoms with Crippen LogP contribution in [0.2, 0.25) is 0 Å². The van der Waals surface area contributed by atoms with Crippen LogP contribution >= 0.6 is 0 Å². The number of rotatable bonds is 5. The zero-order valence-corrected chi connectivity index (χ0v) is 12.9. The van der Waals surface area contributed by atoms with Crippen LogP contribution in [0.1, 0.15) is 30.3 Å². The van der Waals surface area contributed by atoms with Gasteiger partial charge >= 0.3 is 0 Å². The van der Waals surface area contributed by atoms with Crippen LogP contribution in [0.4, 0.5) is 21.7 Å². The number of hydrogen-bond donors (Lipinski definition) is 2. The largest absolute Gasteiger partial charge is 0.370 e. The second kappa shape index (κ2) is 6.52. The van der Waals surface area contributed by atoms with E-state index in [0.29, 0.717) is 17.3 Å². The van der Waals surface area contributed by atoms with Crippen molar-refractivity contribution >= 4 is 17.3 Å². The molecule has 0 atom stereocenters. The molecule has 0 spiro atoms. The third-order valence-electron chi connectivity index (χ3n) is 3.18. The van der Waals surface area contributed by atoms with Crippen molar-refractivity contribution in [3.63, 3.8) is 0 Å². The molecule has 4 nitrogen and oxygen atoms in total. The fourth-order valence-electron chi connectivity index (χ4n) is 2.01. The zero-order valence-electron chi connectivity index (χ0n) is 12.9. The molecule has 21 heavy (non-hydrogen) atoms. The Balaban J connectivity index is 2.32. The molecule has 0 aliphatic carbocycles. The van der Waals surface area contributed by atoms with Crippen molar-refractivity contribution in [2.75, 3.05) is 17.2 Å². The number of anilines is 3. The van der Waals surface area contributed by atoms with E-state index in [1.807, 2.05) is 26.8 Å².